The van der Waals surface area contributed by atoms with Gasteiger partial charge in [-0.25, -0.2) is 4.57 Å². The molecule has 2 rings (SSSR count). The van der Waals surface area contributed by atoms with Crippen LogP contribution in [0.1, 0.15) is 12.0 Å². The molecule has 0 aliphatic carbocycles. The summed E-state index contributed by atoms with van der Waals surface area (Å²) < 4.78 is 1.99. The van der Waals surface area contributed by atoms with E-state index in [4.69, 9.17) is 11.6 Å². The number of anilines is 1. The van der Waals surface area contributed by atoms with Crippen molar-refractivity contribution in [2.75, 3.05) is 5.32 Å². The van der Waals surface area contributed by atoms with Gasteiger partial charge in [0.25, 0.3) is 0 Å². The molecule has 1 amide bonds. The zero-order chi connectivity index (χ0) is 13.7. The van der Waals surface area contributed by atoms with Gasteiger partial charge in [0.15, 0.2) is 18.9 Å². The Labute approximate surface area is 134 Å². The van der Waals surface area contributed by atoms with Crippen LogP contribution in [0.4, 0.5) is 5.69 Å². The molecule has 3 nitrogen and oxygen atoms in total. The second-order valence-corrected chi connectivity index (χ2v) is 4.80. The van der Waals surface area contributed by atoms with Crippen molar-refractivity contribution in [3.8, 4) is 0 Å². The molecule has 1 heterocycles. The summed E-state index contributed by atoms with van der Waals surface area (Å²) in [6.07, 6.45) is 4.36. The lowest BCUT2D eigenvalue weighted by Gasteiger charge is -2.05. The van der Waals surface area contributed by atoms with E-state index in [1.165, 1.54) is 5.56 Å². The molecule has 1 N–H and O–H groups in total. The Morgan fingerprint density at radius 1 is 1.20 bits per heavy atom. The van der Waals surface area contributed by atoms with Crippen molar-refractivity contribution in [3.05, 3.63) is 59.4 Å². The minimum atomic E-state index is -0.0406. The minimum Gasteiger partial charge on any atom is -1.00 e. The van der Waals surface area contributed by atoms with E-state index in [0.29, 0.717) is 23.7 Å². The van der Waals surface area contributed by atoms with Gasteiger partial charge in [-0.3, -0.25) is 4.79 Å². The van der Waals surface area contributed by atoms with Gasteiger partial charge < -0.3 is 22.3 Å². The largest absolute Gasteiger partial charge is 1.00 e. The van der Waals surface area contributed by atoms with Crippen LogP contribution < -0.4 is 26.9 Å². The number of carbonyl (C=O) groups excluding carboxylic acids is 1. The monoisotopic (exact) mass is 354 g/mol. The third-order valence-corrected chi connectivity index (χ3v) is 3.13. The number of halogens is 2. The van der Waals surface area contributed by atoms with Crippen LogP contribution in [-0.2, 0) is 11.3 Å². The molecule has 0 bridgehead atoms. The molecule has 2 aromatic rings. The molecule has 0 fully saturated rings. The van der Waals surface area contributed by atoms with E-state index in [9.17, 15) is 4.79 Å². The SMILES string of the molecule is Cc1cc[n+](CCC(=O)Nc2ccccc2Cl)cc1.[Br-]. The number of aryl methyl sites for hydroxylation is 2. The second kappa shape index (κ2) is 8.02. The second-order valence-electron chi connectivity index (χ2n) is 4.39. The van der Waals surface area contributed by atoms with Crippen LogP contribution in [0.5, 0.6) is 0 Å². The fraction of sp³-hybridized carbons (Fsp3) is 0.200. The Morgan fingerprint density at radius 3 is 2.50 bits per heavy atom. The molecule has 106 valence electrons. The first kappa shape index (κ1) is 16.7. The molecule has 0 saturated carbocycles. The van der Waals surface area contributed by atoms with Gasteiger partial charge in [0.2, 0.25) is 5.91 Å². The maximum absolute atomic E-state index is 11.8. The van der Waals surface area contributed by atoms with Gasteiger partial charge >= 0.3 is 0 Å². The van der Waals surface area contributed by atoms with Gasteiger partial charge in [0.05, 0.1) is 17.1 Å². The zero-order valence-corrected chi connectivity index (χ0v) is 13.5. The van der Waals surface area contributed by atoms with Crippen LogP contribution in [-0.4, -0.2) is 5.91 Å². The maximum atomic E-state index is 11.8. The average Bonchev–Trinajstić information content (AvgIpc) is 2.41. The summed E-state index contributed by atoms with van der Waals surface area (Å²) in [7, 11) is 0. The standard InChI is InChI=1S/C15H15ClN2O.BrH/c1-12-6-9-18(10-7-12)11-8-15(19)17-14-5-3-2-4-13(14)16;/h2-7,9-10H,8,11H2,1H3;1H. The lowest BCUT2D eigenvalue weighted by Crippen LogP contribution is -3.00. The third-order valence-electron chi connectivity index (χ3n) is 2.80. The number of aromatic nitrogens is 1. The molecule has 0 aliphatic heterocycles. The van der Waals surface area contributed by atoms with Gasteiger partial charge in [-0.15, -0.1) is 0 Å². The first-order valence-electron chi connectivity index (χ1n) is 6.15. The summed E-state index contributed by atoms with van der Waals surface area (Å²) in [4.78, 5) is 11.8. The Bertz CT molecular complexity index is 572. The summed E-state index contributed by atoms with van der Waals surface area (Å²) in [5.41, 5.74) is 1.86. The third kappa shape index (κ3) is 4.94. The van der Waals surface area contributed by atoms with Gasteiger partial charge in [-0.05, 0) is 24.6 Å². The lowest BCUT2D eigenvalue weighted by atomic mass is 10.3. The molecule has 20 heavy (non-hydrogen) atoms. The summed E-state index contributed by atoms with van der Waals surface area (Å²) in [5.74, 6) is -0.0406. The lowest BCUT2D eigenvalue weighted by molar-refractivity contribution is -0.695. The predicted molar refractivity (Wildman–Crippen MR) is 76.1 cm³/mol. The van der Waals surface area contributed by atoms with Crippen LogP contribution in [0.15, 0.2) is 48.8 Å². The van der Waals surface area contributed by atoms with Crippen molar-refractivity contribution in [2.45, 2.75) is 19.9 Å². The van der Waals surface area contributed by atoms with E-state index in [1.54, 1.807) is 12.1 Å². The number of benzene rings is 1. The van der Waals surface area contributed by atoms with Crippen molar-refractivity contribution >= 4 is 23.2 Å². The Morgan fingerprint density at radius 2 is 1.85 bits per heavy atom. The van der Waals surface area contributed by atoms with Crippen molar-refractivity contribution in [2.24, 2.45) is 0 Å². The number of pyridine rings is 1. The number of hydrogen-bond acceptors (Lipinski definition) is 1. The summed E-state index contributed by atoms with van der Waals surface area (Å²) in [6, 6.07) is 11.3. The van der Waals surface area contributed by atoms with Gasteiger partial charge in [-0.1, -0.05) is 23.7 Å². The van der Waals surface area contributed by atoms with Crippen molar-refractivity contribution in [1.82, 2.24) is 0 Å². The summed E-state index contributed by atoms with van der Waals surface area (Å²) in [6.45, 7) is 2.69. The Kier molecular flexibility index (Phi) is 6.68. The van der Waals surface area contributed by atoms with Crippen molar-refractivity contribution < 1.29 is 26.3 Å². The van der Waals surface area contributed by atoms with Crippen molar-refractivity contribution in [1.29, 1.82) is 0 Å². The fourth-order valence-corrected chi connectivity index (χ4v) is 1.87. The number of rotatable bonds is 4. The number of hydrogen-bond donors (Lipinski definition) is 1. The highest BCUT2D eigenvalue weighted by Gasteiger charge is 2.08. The zero-order valence-electron chi connectivity index (χ0n) is 11.1. The molecule has 5 heteroatoms. The average molecular weight is 356 g/mol. The summed E-state index contributed by atoms with van der Waals surface area (Å²) in [5, 5.41) is 3.36. The number of nitrogens with zero attached hydrogens (tertiary/aromatic N) is 1. The van der Waals surface area contributed by atoms with E-state index in [-0.39, 0.29) is 22.9 Å². The smallest absolute Gasteiger partial charge is 0.230 e. The summed E-state index contributed by atoms with van der Waals surface area (Å²) >= 11 is 5.98. The van der Waals surface area contributed by atoms with Gasteiger partial charge in [0.1, 0.15) is 0 Å². The molecular weight excluding hydrogens is 340 g/mol. The van der Waals surface area contributed by atoms with Crippen LogP contribution in [0.3, 0.4) is 0 Å². The highest BCUT2D eigenvalue weighted by atomic mass is 79.9. The van der Waals surface area contributed by atoms with E-state index in [0.717, 1.165) is 0 Å². The van der Waals surface area contributed by atoms with Crippen LogP contribution in [0.25, 0.3) is 0 Å². The number of nitrogens with one attached hydrogen (secondary N) is 1. The van der Waals surface area contributed by atoms with Gasteiger partial charge in [-0.2, -0.15) is 0 Å². The van der Waals surface area contributed by atoms with Crippen LogP contribution in [0.2, 0.25) is 5.02 Å². The first-order chi connectivity index (χ1) is 9.15. The molecular formula is C15H16BrClN2O. The predicted octanol–water partition coefficient (Wildman–Crippen LogP) is -0.0313. The van der Waals surface area contributed by atoms with Crippen LogP contribution in [0, 0.1) is 6.92 Å². The molecule has 1 aromatic heterocycles. The first-order valence-corrected chi connectivity index (χ1v) is 6.53. The fourth-order valence-electron chi connectivity index (χ4n) is 1.69. The molecule has 0 aliphatic rings. The van der Waals surface area contributed by atoms with E-state index >= 15 is 0 Å². The normalized spacial score (nSPS) is 9.70. The van der Waals surface area contributed by atoms with Crippen LogP contribution >= 0.6 is 11.6 Å². The molecule has 0 saturated heterocycles. The van der Waals surface area contributed by atoms with Crippen molar-refractivity contribution in [3.63, 3.8) is 0 Å². The molecule has 1 aromatic carbocycles. The molecule has 0 spiro atoms. The van der Waals surface area contributed by atoms with E-state index < -0.39 is 0 Å². The number of para-hydroxylation sites is 1. The molecule has 0 radical (unpaired) electrons. The minimum absolute atomic E-state index is 0. The Hall–Kier alpha value is -1.39. The molecule has 0 atom stereocenters. The van der Waals surface area contributed by atoms with E-state index in [2.05, 4.69) is 5.32 Å². The maximum Gasteiger partial charge on any atom is 0.230 e. The topological polar surface area (TPSA) is 33.0 Å². The number of amides is 1. The van der Waals surface area contributed by atoms with Gasteiger partial charge in [0, 0.05) is 12.1 Å². The quantitative estimate of drug-likeness (QED) is 0.768. The highest BCUT2D eigenvalue weighted by Crippen LogP contribution is 2.20. The highest BCUT2D eigenvalue weighted by molar-refractivity contribution is 6.33. The number of carbonyl (C=O) groups is 1. The molecule has 0 unspecified atom stereocenters. The van der Waals surface area contributed by atoms with E-state index in [1.807, 2.05) is 48.1 Å². The Balaban J connectivity index is 0.00000200.